The van der Waals surface area contributed by atoms with E-state index in [-0.39, 0.29) is 31.1 Å². The van der Waals surface area contributed by atoms with E-state index in [1.54, 1.807) is 0 Å². The lowest BCUT2D eigenvalue weighted by molar-refractivity contribution is -0.879. The van der Waals surface area contributed by atoms with Crippen LogP contribution in [0.1, 0.15) is 45.4 Å². The summed E-state index contributed by atoms with van der Waals surface area (Å²) in [6.45, 7) is 2.69. The first kappa shape index (κ1) is 16.2. The van der Waals surface area contributed by atoms with Gasteiger partial charge >= 0.3 is 6.03 Å². The number of urea groups is 1. The molecule has 0 radical (unpaired) electrons. The molecule has 128 valence electrons. The number of carbonyl (C=O) groups is 3. The van der Waals surface area contributed by atoms with E-state index in [1.165, 1.54) is 4.90 Å². The van der Waals surface area contributed by atoms with Gasteiger partial charge in [-0.25, -0.2) is 9.69 Å². The number of hydrogen-bond donors (Lipinski definition) is 3. The van der Waals surface area contributed by atoms with Gasteiger partial charge < -0.3 is 15.5 Å². The second-order valence-corrected chi connectivity index (χ2v) is 7.56. The molecule has 7 heteroatoms. The monoisotopic (exact) mass is 323 g/mol. The van der Waals surface area contributed by atoms with Crippen LogP contribution in [0.2, 0.25) is 0 Å². The molecule has 0 aromatic rings. The highest BCUT2D eigenvalue weighted by molar-refractivity contribution is 6.06. The highest BCUT2D eigenvalue weighted by atomic mass is 16.2. The summed E-state index contributed by atoms with van der Waals surface area (Å²) in [5.74, 6) is 0.480. The molecule has 2 saturated carbocycles. The number of likely N-dealkylation sites (N-methyl/N-ethyl adjacent to an activating group) is 1. The van der Waals surface area contributed by atoms with Crippen molar-refractivity contribution in [2.75, 3.05) is 20.3 Å². The third-order valence-corrected chi connectivity index (χ3v) is 5.21. The van der Waals surface area contributed by atoms with Crippen LogP contribution in [0.4, 0.5) is 4.79 Å². The van der Waals surface area contributed by atoms with Crippen molar-refractivity contribution in [3.05, 3.63) is 0 Å². The van der Waals surface area contributed by atoms with Gasteiger partial charge in [0.1, 0.15) is 5.54 Å². The molecule has 0 bridgehead atoms. The molecule has 1 saturated heterocycles. The van der Waals surface area contributed by atoms with Crippen LogP contribution in [0.25, 0.3) is 0 Å². The van der Waals surface area contributed by atoms with Crippen molar-refractivity contribution in [1.29, 1.82) is 0 Å². The van der Waals surface area contributed by atoms with Crippen molar-refractivity contribution in [2.45, 2.75) is 57.0 Å². The summed E-state index contributed by atoms with van der Waals surface area (Å²) < 4.78 is 0. The summed E-state index contributed by atoms with van der Waals surface area (Å²) in [5, 5.41) is 5.84. The number of amides is 4. The van der Waals surface area contributed by atoms with Crippen molar-refractivity contribution in [3.8, 4) is 0 Å². The van der Waals surface area contributed by atoms with Crippen LogP contribution in [0, 0.1) is 5.92 Å². The third kappa shape index (κ3) is 3.49. The fourth-order valence-corrected chi connectivity index (χ4v) is 3.52. The van der Waals surface area contributed by atoms with Gasteiger partial charge in [-0.1, -0.05) is 6.92 Å². The van der Waals surface area contributed by atoms with Crippen LogP contribution in [-0.4, -0.2) is 54.6 Å². The highest BCUT2D eigenvalue weighted by Crippen LogP contribution is 2.35. The number of hydrogen-bond acceptors (Lipinski definition) is 3. The van der Waals surface area contributed by atoms with Gasteiger partial charge in [0.05, 0.1) is 7.05 Å². The van der Waals surface area contributed by atoms with E-state index in [4.69, 9.17) is 0 Å². The predicted octanol–water partition coefficient (Wildman–Crippen LogP) is -0.762. The van der Waals surface area contributed by atoms with E-state index in [2.05, 4.69) is 17.6 Å². The summed E-state index contributed by atoms with van der Waals surface area (Å²) in [5.41, 5.74) is -0.694. The predicted molar refractivity (Wildman–Crippen MR) is 83.5 cm³/mol. The standard InChI is InChI=1S/C16H26N4O3/c1-11-5-7-16(8-6-11)14(22)20(15(23)18-16)10-19(2)9-13(21)17-12-3-4-12/h11-12H,3-10H2,1-2H3,(H,17,21)(H,18,23)/p+1. The largest absolute Gasteiger partial charge is 0.348 e. The highest BCUT2D eigenvalue weighted by Gasteiger charge is 2.52. The molecule has 3 N–H and O–H groups in total. The van der Waals surface area contributed by atoms with Crippen LogP contribution < -0.4 is 15.5 Å². The van der Waals surface area contributed by atoms with Crippen molar-refractivity contribution >= 4 is 17.8 Å². The molecule has 0 aromatic carbocycles. The molecule has 3 rings (SSSR count). The van der Waals surface area contributed by atoms with E-state index in [0.717, 1.165) is 43.4 Å². The average Bonchev–Trinajstić information content (AvgIpc) is 3.26. The van der Waals surface area contributed by atoms with Gasteiger partial charge in [-0.15, -0.1) is 0 Å². The normalized spacial score (nSPS) is 32.1. The number of nitrogens with one attached hydrogen (secondary N) is 3. The number of imide groups is 1. The van der Waals surface area contributed by atoms with Gasteiger partial charge in [-0.05, 0) is 44.4 Å². The van der Waals surface area contributed by atoms with Crippen LogP contribution in [-0.2, 0) is 9.59 Å². The Labute approximate surface area is 136 Å². The molecule has 1 unspecified atom stereocenters. The van der Waals surface area contributed by atoms with Gasteiger partial charge in [0.2, 0.25) is 0 Å². The Morgan fingerprint density at radius 2 is 1.96 bits per heavy atom. The summed E-state index contributed by atoms with van der Waals surface area (Å²) in [6, 6.07) is 0.0195. The summed E-state index contributed by atoms with van der Waals surface area (Å²) >= 11 is 0. The molecule has 3 fully saturated rings. The van der Waals surface area contributed by atoms with Gasteiger partial charge in [-0.3, -0.25) is 9.59 Å². The molecule has 1 heterocycles. The Balaban J connectivity index is 1.55. The van der Waals surface area contributed by atoms with Crippen LogP contribution in [0.5, 0.6) is 0 Å². The lowest BCUT2D eigenvalue weighted by Gasteiger charge is -2.33. The fourth-order valence-electron chi connectivity index (χ4n) is 3.52. The Morgan fingerprint density at radius 3 is 2.57 bits per heavy atom. The number of rotatable bonds is 5. The quantitative estimate of drug-likeness (QED) is 0.582. The zero-order valence-corrected chi connectivity index (χ0v) is 14.0. The van der Waals surface area contributed by atoms with E-state index in [0.29, 0.717) is 12.0 Å². The topological polar surface area (TPSA) is 82.9 Å². The minimum Gasteiger partial charge on any atom is -0.348 e. The van der Waals surface area contributed by atoms with E-state index in [1.807, 2.05) is 7.05 Å². The van der Waals surface area contributed by atoms with Crippen molar-refractivity contribution in [1.82, 2.24) is 15.5 Å². The maximum Gasteiger partial charge on any atom is 0.329 e. The zero-order valence-electron chi connectivity index (χ0n) is 14.0. The second-order valence-electron chi connectivity index (χ2n) is 7.56. The summed E-state index contributed by atoms with van der Waals surface area (Å²) in [7, 11) is 1.83. The maximum absolute atomic E-state index is 12.7. The fraction of sp³-hybridized carbons (Fsp3) is 0.812. The Bertz CT molecular complexity index is 509. The van der Waals surface area contributed by atoms with E-state index < -0.39 is 5.54 Å². The van der Waals surface area contributed by atoms with Crippen LogP contribution in [0.3, 0.4) is 0 Å². The zero-order chi connectivity index (χ0) is 16.6. The number of quaternary nitrogens is 1. The van der Waals surface area contributed by atoms with Crippen LogP contribution >= 0.6 is 0 Å². The minimum absolute atomic E-state index is 0.0155. The smallest absolute Gasteiger partial charge is 0.329 e. The van der Waals surface area contributed by atoms with Gasteiger partial charge in [-0.2, -0.15) is 0 Å². The molecule has 1 atom stereocenters. The van der Waals surface area contributed by atoms with Gasteiger partial charge in [0.15, 0.2) is 13.2 Å². The Morgan fingerprint density at radius 1 is 1.30 bits per heavy atom. The lowest BCUT2D eigenvalue weighted by atomic mass is 9.77. The van der Waals surface area contributed by atoms with Crippen molar-refractivity contribution in [3.63, 3.8) is 0 Å². The molecular formula is C16H27N4O3+. The molecule has 2 aliphatic carbocycles. The Kier molecular flexibility index (Phi) is 4.31. The molecule has 23 heavy (non-hydrogen) atoms. The van der Waals surface area contributed by atoms with Gasteiger partial charge in [0, 0.05) is 6.04 Å². The maximum atomic E-state index is 12.7. The first-order valence-corrected chi connectivity index (χ1v) is 8.64. The number of carbonyl (C=O) groups excluding carboxylic acids is 3. The first-order chi connectivity index (χ1) is 10.9. The van der Waals surface area contributed by atoms with E-state index in [9.17, 15) is 14.4 Å². The summed E-state index contributed by atoms with van der Waals surface area (Å²) in [4.78, 5) is 38.9. The SMILES string of the molecule is CC1CCC2(CC1)NC(=O)N(C[NH+](C)CC(=O)NC1CC1)C2=O. The molecule has 3 aliphatic rings. The third-order valence-electron chi connectivity index (χ3n) is 5.21. The number of nitrogens with zero attached hydrogens (tertiary/aromatic N) is 1. The van der Waals surface area contributed by atoms with Crippen LogP contribution in [0.15, 0.2) is 0 Å². The average molecular weight is 323 g/mol. The first-order valence-electron chi connectivity index (χ1n) is 8.64. The van der Waals surface area contributed by atoms with E-state index >= 15 is 0 Å². The Hall–Kier alpha value is -1.63. The molecule has 0 aromatic heterocycles. The second kappa shape index (κ2) is 6.11. The van der Waals surface area contributed by atoms with Crippen molar-refractivity contribution in [2.24, 2.45) is 5.92 Å². The molecule has 1 spiro atoms. The molecule has 7 nitrogen and oxygen atoms in total. The minimum atomic E-state index is -0.694. The van der Waals surface area contributed by atoms with Crippen molar-refractivity contribution < 1.29 is 19.3 Å². The van der Waals surface area contributed by atoms with Gasteiger partial charge in [0.25, 0.3) is 11.8 Å². The molecule has 1 aliphatic heterocycles. The summed E-state index contributed by atoms with van der Waals surface area (Å²) in [6.07, 6.45) is 5.48. The lowest BCUT2D eigenvalue weighted by Crippen LogP contribution is -3.12. The molecular weight excluding hydrogens is 296 g/mol. The molecule has 4 amide bonds.